The lowest BCUT2D eigenvalue weighted by molar-refractivity contribution is -0.115. The third-order valence-electron chi connectivity index (χ3n) is 6.38. The number of hydrazone groups is 2. The molecule has 4 heterocycles. The Bertz CT molecular complexity index is 1720. The van der Waals surface area contributed by atoms with Crippen LogP contribution < -0.4 is 21.5 Å². The van der Waals surface area contributed by atoms with E-state index in [9.17, 15) is 19.2 Å². The summed E-state index contributed by atoms with van der Waals surface area (Å²) in [5, 5.41) is 10.9. The molecule has 42 heavy (non-hydrogen) atoms. The van der Waals surface area contributed by atoms with Crippen LogP contribution in [0.2, 0.25) is 0 Å². The van der Waals surface area contributed by atoms with Gasteiger partial charge in [-0.05, 0) is 36.4 Å². The lowest BCUT2D eigenvalue weighted by Gasteiger charge is -2.11. The number of hydrogen-bond donors (Lipinski definition) is 2. The molecule has 4 amide bonds. The number of para-hydroxylation sites is 2. The standard InChI is InChI=1S/C28H16N6O4S4/c29-23(35)21-19(25(37)33(31-21)13-7-3-1-4-8-13)27-39-15-11-17-18(12-16(15)40-27)42-28(41-17)20-22(24(30)36)32-34(26(20)38)14-9-5-2-6-10-14/h1-12H,(H2,29,35)(H2,30,36). The number of amides is 4. The molecule has 0 spiro atoms. The fraction of sp³-hybridized carbons (Fsp3) is 0. The normalized spacial score (nSPS) is 17.6. The average molecular weight is 629 g/mol. The molecule has 0 fully saturated rings. The number of carbonyl (C=O) groups is 4. The number of rotatable bonds is 4. The van der Waals surface area contributed by atoms with Gasteiger partial charge in [-0.15, -0.1) is 0 Å². The molecule has 0 saturated heterocycles. The van der Waals surface area contributed by atoms with Crippen LogP contribution in [-0.4, -0.2) is 35.1 Å². The largest absolute Gasteiger partial charge is 0.364 e. The number of nitrogens with two attached hydrogens (primary N) is 2. The van der Waals surface area contributed by atoms with E-state index in [0.29, 0.717) is 19.8 Å². The third kappa shape index (κ3) is 4.34. The summed E-state index contributed by atoms with van der Waals surface area (Å²) in [6.45, 7) is 0. The molecule has 4 aliphatic rings. The zero-order valence-corrected chi connectivity index (χ0v) is 24.4. The zero-order chi connectivity index (χ0) is 29.1. The minimum atomic E-state index is -0.788. The van der Waals surface area contributed by atoms with Gasteiger partial charge in [-0.1, -0.05) is 83.4 Å². The van der Waals surface area contributed by atoms with E-state index in [1.807, 2.05) is 24.3 Å². The van der Waals surface area contributed by atoms with Gasteiger partial charge in [-0.3, -0.25) is 19.2 Å². The molecule has 4 aliphatic heterocycles. The maximum absolute atomic E-state index is 13.4. The van der Waals surface area contributed by atoms with Crippen LogP contribution in [0.4, 0.5) is 11.4 Å². The van der Waals surface area contributed by atoms with Gasteiger partial charge in [0.25, 0.3) is 23.6 Å². The van der Waals surface area contributed by atoms with Crippen LogP contribution in [0.5, 0.6) is 0 Å². The highest BCUT2D eigenvalue weighted by Crippen LogP contribution is 2.60. The summed E-state index contributed by atoms with van der Waals surface area (Å²) < 4.78 is 1.21. The Morgan fingerprint density at radius 2 is 0.905 bits per heavy atom. The van der Waals surface area contributed by atoms with Crippen molar-refractivity contribution in [1.82, 2.24) is 0 Å². The van der Waals surface area contributed by atoms with E-state index in [1.165, 1.54) is 57.1 Å². The average Bonchev–Trinajstić information content (AvgIpc) is 3.74. The number of fused-ring (bicyclic) bond motifs is 2. The van der Waals surface area contributed by atoms with Crippen LogP contribution in [0.25, 0.3) is 0 Å². The van der Waals surface area contributed by atoms with Crippen LogP contribution in [0.3, 0.4) is 0 Å². The molecular formula is C28H16N6O4S4. The third-order valence-corrected chi connectivity index (χ3v) is 11.4. The van der Waals surface area contributed by atoms with E-state index in [4.69, 9.17) is 11.5 Å². The number of hydrogen-bond acceptors (Lipinski definition) is 10. The lowest BCUT2D eigenvalue weighted by Crippen LogP contribution is -2.26. The Morgan fingerprint density at radius 1 is 0.571 bits per heavy atom. The number of carbonyl (C=O) groups excluding carboxylic acids is 4. The SMILES string of the molecule is NC(=O)C1=NN(c2ccccc2)C(=O)C1=C1Sc2cc3c(cc2S1)SC(=C1C(=O)N(c2ccccc2)N=C1C(N)=O)S3. The molecule has 0 bridgehead atoms. The van der Waals surface area contributed by atoms with Crippen molar-refractivity contribution in [2.75, 3.05) is 10.0 Å². The summed E-state index contributed by atoms with van der Waals surface area (Å²) in [5.41, 5.74) is 12.5. The van der Waals surface area contributed by atoms with Gasteiger partial charge in [0.05, 0.1) is 31.0 Å². The second-order valence-electron chi connectivity index (χ2n) is 9.01. The van der Waals surface area contributed by atoms with Gasteiger partial charge in [-0.2, -0.15) is 20.2 Å². The van der Waals surface area contributed by atoms with E-state index >= 15 is 0 Å². The Morgan fingerprint density at radius 3 is 1.21 bits per heavy atom. The summed E-state index contributed by atoms with van der Waals surface area (Å²) in [6, 6.07) is 21.6. The number of nitrogens with zero attached hydrogens (tertiary/aromatic N) is 4. The predicted octanol–water partition coefficient (Wildman–Crippen LogP) is 4.28. The fourth-order valence-electron chi connectivity index (χ4n) is 4.49. The predicted molar refractivity (Wildman–Crippen MR) is 165 cm³/mol. The van der Waals surface area contributed by atoms with E-state index in [0.717, 1.165) is 19.6 Å². The Kier molecular flexibility index (Phi) is 6.50. The molecule has 0 atom stereocenters. The number of thioether (sulfide) groups is 4. The first-order chi connectivity index (χ1) is 20.3. The Hall–Kier alpha value is -4.24. The monoisotopic (exact) mass is 628 g/mol. The van der Waals surface area contributed by atoms with Crippen molar-refractivity contribution in [1.29, 1.82) is 0 Å². The summed E-state index contributed by atoms with van der Waals surface area (Å²) >= 11 is 5.41. The van der Waals surface area contributed by atoms with E-state index in [-0.39, 0.29) is 22.6 Å². The fourth-order valence-corrected chi connectivity index (χ4v) is 9.84. The summed E-state index contributed by atoms with van der Waals surface area (Å²) in [4.78, 5) is 54.9. The maximum Gasteiger partial charge on any atom is 0.282 e. The second kappa shape index (κ2) is 10.2. The first-order valence-corrected chi connectivity index (χ1v) is 15.5. The molecule has 3 aromatic rings. The maximum atomic E-state index is 13.4. The Labute approximate surface area is 255 Å². The molecule has 4 N–H and O–H groups in total. The highest BCUT2D eigenvalue weighted by atomic mass is 32.2. The van der Waals surface area contributed by atoms with Crippen molar-refractivity contribution in [3.63, 3.8) is 0 Å². The minimum Gasteiger partial charge on any atom is -0.364 e. The van der Waals surface area contributed by atoms with Crippen LogP contribution >= 0.6 is 47.0 Å². The highest BCUT2D eigenvalue weighted by molar-refractivity contribution is 8.25. The minimum absolute atomic E-state index is 0.0871. The first-order valence-electron chi connectivity index (χ1n) is 12.2. The summed E-state index contributed by atoms with van der Waals surface area (Å²) in [6.07, 6.45) is 0. The van der Waals surface area contributed by atoms with Gasteiger partial charge in [0.15, 0.2) is 11.4 Å². The quantitative estimate of drug-likeness (QED) is 0.407. The first kappa shape index (κ1) is 26.6. The van der Waals surface area contributed by atoms with Gasteiger partial charge in [-0.25, -0.2) is 0 Å². The van der Waals surface area contributed by atoms with Crippen molar-refractivity contribution in [2.24, 2.45) is 21.7 Å². The molecule has 0 aromatic heterocycles. The zero-order valence-electron chi connectivity index (χ0n) is 21.1. The van der Waals surface area contributed by atoms with Gasteiger partial charge in [0.1, 0.15) is 0 Å². The van der Waals surface area contributed by atoms with Crippen LogP contribution in [0, 0.1) is 0 Å². The van der Waals surface area contributed by atoms with Crippen LogP contribution in [0.15, 0.2) is 122 Å². The molecule has 0 aliphatic carbocycles. The Balaban J connectivity index is 1.20. The van der Waals surface area contributed by atoms with Crippen molar-refractivity contribution in [3.05, 3.63) is 92.4 Å². The molecule has 206 valence electrons. The molecule has 10 nitrogen and oxygen atoms in total. The summed E-state index contributed by atoms with van der Waals surface area (Å²) in [5.74, 6) is -2.43. The smallest absolute Gasteiger partial charge is 0.282 e. The van der Waals surface area contributed by atoms with Crippen molar-refractivity contribution < 1.29 is 19.2 Å². The molecule has 7 rings (SSSR count). The van der Waals surface area contributed by atoms with Gasteiger partial charge in [0, 0.05) is 19.6 Å². The lowest BCUT2D eigenvalue weighted by atomic mass is 10.1. The number of benzene rings is 3. The van der Waals surface area contributed by atoms with E-state index in [2.05, 4.69) is 10.2 Å². The van der Waals surface area contributed by atoms with Crippen LogP contribution in [0.1, 0.15) is 0 Å². The molecule has 3 aromatic carbocycles. The number of primary amides is 2. The van der Waals surface area contributed by atoms with Crippen molar-refractivity contribution in [2.45, 2.75) is 19.6 Å². The molecule has 0 unspecified atom stereocenters. The van der Waals surface area contributed by atoms with E-state index in [1.54, 1.807) is 48.5 Å². The topological polar surface area (TPSA) is 152 Å². The van der Waals surface area contributed by atoms with Crippen molar-refractivity contribution >= 4 is 93.5 Å². The number of anilines is 2. The van der Waals surface area contributed by atoms with Crippen molar-refractivity contribution in [3.8, 4) is 0 Å². The van der Waals surface area contributed by atoms with Gasteiger partial charge in [0.2, 0.25) is 0 Å². The molecular weight excluding hydrogens is 613 g/mol. The van der Waals surface area contributed by atoms with Gasteiger partial charge < -0.3 is 11.5 Å². The van der Waals surface area contributed by atoms with Crippen LogP contribution in [-0.2, 0) is 19.2 Å². The summed E-state index contributed by atoms with van der Waals surface area (Å²) in [7, 11) is 0. The molecule has 0 saturated carbocycles. The molecule has 0 radical (unpaired) electrons. The second-order valence-corrected chi connectivity index (χ2v) is 13.7. The molecule has 14 heteroatoms. The van der Waals surface area contributed by atoms with Gasteiger partial charge >= 0.3 is 0 Å². The van der Waals surface area contributed by atoms with E-state index < -0.39 is 23.6 Å². The highest BCUT2D eigenvalue weighted by Gasteiger charge is 2.41.